The Kier molecular flexibility index (Phi) is 6.23. The maximum absolute atomic E-state index is 4.36. The topological polar surface area (TPSA) is 29.9 Å². The van der Waals surface area contributed by atoms with E-state index in [9.17, 15) is 0 Å². The zero-order valence-electron chi connectivity index (χ0n) is 11.9. The molecule has 0 saturated carbocycles. The molecule has 2 heterocycles. The lowest BCUT2D eigenvalue weighted by Gasteiger charge is -2.27. The number of aromatic nitrogens is 2. The molecule has 3 nitrogen and oxygen atoms in total. The molecule has 0 amide bonds. The number of rotatable bonds is 6. The van der Waals surface area contributed by atoms with Gasteiger partial charge < -0.3 is 5.32 Å². The summed E-state index contributed by atoms with van der Waals surface area (Å²) >= 11 is 5.75. The van der Waals surface area contributed by atoms with E-state index in [4.69, 9.17) is 0 Å². The average Bonchev–Trinajstić information content (AvgIpc) is 2.75. The van der Waals surface area contributed by atoms with Crippen molar-refractivity contribution in [1.82, 2.24) is 15.1 Å². The van der Waals surface area contributed by atoms with Crippen LogP contribution < -0.4 is 5.32 Å². The second-order valence-corrected chi connectivity index (χ2v) is 7.38. The largest absolute Gasteiger partial charge is 0.309 e. The molecular formula is C14H24BrN3S. The van der Waals surface area contributed by atoms with Gasteiger partial charge in [-0.1, -0.05) is 6.92 Å². The van der Waals surface area contributed by atoms with Crippen LogP contribution in [-0.4, -0.2) is 27.8 Å². The highest BCUT2D eigenvalue weighted by Gasteiger charge is 2.23. The van der Waals surface area contributed by atoms with Crippen LogP contribution in [0.2, 0.25) is 0 Å². The summed E-state index contributed by atoms with van der Waals surface area (Å²) in [7, 11) is 2.04. The van der Waals surface area contributed by atoms with Crippen LogP contribution >= 0.6 is 27.7 Å². The van der Waals surface area contributed by atoms with Gasteiger partial charge in [0.05, 0.1) is 22.4 Å². The van der Waals surface area contributed by atoms with E-state index in [1.165, 1.54) is 42.9 Å². The van der Waals surface area contributed by atoms with Gasteiger partial charge in [-0.25, -0.2) is 0 Å². The van der Waals surface area contributed by atoms with E-state index in [1.54, 1.807) is 0 Å². The van der Waals surface area contributed by atoms with Crippen LogP contribution in [0, 0.1) is 5.92 Å². The summed E-state index contributed by atoms with van der Waals surface area (Å²) in [5.74, 6) is 3.52. The zero-order valence-corrected chi connectivity index (χ0v) is 14.3. The molecule has 5 heteroatoms. The van der Waals surface area contributed by atoms with E-state index in [2.05, 4.69) is 45.0 Å². The molecule has 1 unspecified atom stereocenters. The molecule has 1 aromatic heterocycles. The maximum Gasteiger partial charge on any atom is 0.0692 e. The Morgan fingerprint density at radius 3 is 2.84 bits per heavy atom. The molecule has 1 atom stereocenters. The van der Waals surface area contributed by atoms with Gasteiger partial charge >= 0.3 is 0 Å². The first-order valence-corrected chi connectivity index (χ1v) is 9.15. The fourth-order valence-electron chi connectivity index (χ4n) is 2.74. The minimum absolute atomic E-state index is 0.426. The van der Waals surface area contributed by atoms with Crippen LogP contribution in [0.1, 0.15) is 44.3 Å². The summed E-state index contributed by atoms with van der Waals surface area (Å²) in [5, 5.41) is 8.07. The molecule has 108 valence electrons. The lowest BCUT2D eigenvalue weighted by atomic mass is 9.92. The first kappa shape index (κ1) is 15.4. The Morgan fingerprint density at radius 2 is 2.26 bits per heavy atom. The number of nitrogens with one attached hydrogen (secondary N) is 1. The molecule has 19 heavy (non-hydrogen) atoms. The Balaban J connectivity index is 2.06. The normalized spacial score (nSPS) is 18.7. The number of halogens is 1. The van der Waals surface area contributed by atoms with E-state index in [-0.39, 0.29) is 0 Å². The third kappa shape index (κ3) is 4.23. The monoisotopic (exact) mass is 345 g/mol. The second kappa shape index (κ2) is 7.70. The van der Waals surface area contributed by atoms with Crippen molar-refractivity contribution in [2.24, 2.45) is 13.0 Å². The number of thioether (sulfide) groups is 1. The first-order valence-electron chi connectivity index (χ1n) is 7.21. The molecule has 0 bridgehead atoms. The van der Waals surface area contributed by atoms with E-state index in [0.29, 0.717) is 6.04 Å². The van der Waals surface area contributed by atoms with Crippen LogP contribution in [-0.2, 0) is 7.05 Å². The molecule has 0 radical (unpaired) electrons. The maximum atomic E-state index is 4.36. The zero-order chi connectivity index (χ0) is 13.7. The van der Waals surface area contributed by atoms with Crippen LogP contribution in [0.4, 0.5) is 0 Å². The van der Waals surface area contributed by atoms with E-state index in [1.807, 2.05) is 17.9 Å². The SMILES string of the molecule is CCCNC(CC1CCSCC1)c1c(Br)cnn1C. The Labute approximate surface area is 129 Å². The van der Waals surface area contributed by atoms with E-state index < -0.39 is 0 Å². The van der Waals surface area contributed by atoms with Gasteiger partial charge in [-0.2, -0.15) is 16.9 Å². The predicted molar refractivity (Wildman–Crippen MR) is 86.6 cm³/mol. The van der Waals surface area contributed by atoms with Crippen molar-refractivity contribution in [3.63, 3.8) is 0 Å². The molecule has 1 aliphatic heterocycles. The van der Waals surface area contributed by atoms with Gasteiger partial charge in [-0.3, -0.25) is 4.68 Å². The van der Waals surface area contributed by atoms with E-state index in [0.717, 1.165) is 16.9 Å². The molecule has 0 spiro atoms. The summed E-state index contributed by atoms with van der Waals surface area (Å²) in [4.78, 5) is 0. The lowest BCUT2D eigenvalue weighted by Crippen LogP contribution is -2.27. The fraction of sp³-hybridized carbons (Fsp3) is 0.786. The van der Waals surface area contributed by atoms with Crippen LogP contribution in [0.5, 0.6) is 0 Å². The van der Waals surface area contributed by atoms with Crippen molar-refractivity contribution in [2.75, 3.05) is 18.1 Å². The number of hydrogen-bond donors (Lipinski definition) is 1. The van der Waals surface area contributed by atoms with Gasteiger partial charge in [-0.05, 0) is 65.6 Å². The number of hydrogen-bond acceptors (Lipinski definition) is 3. The fourth-order valence-corrected chi connectivity index (χ4v) is 4.57. The summed E-state index contributed by atoms with van der Waals surface area (Å²) in [5.41, 5.74) is 1.30. The third-order valence-corrected chi connectivity index (χ3v) is 5.48. The van der Waals surface area contributed by atoms with Crippen LogP contribution in [0.25, 0.3) is 0 Å². The van der Waals surface area contributed by atoms with Crippen molar-refractivity contribution in [3.8, 4) is 0 Å². The standard InChI is InChI=1S/C14H24BrN3S/c1-3-6-16-13(9-11-4-7-19-8-5-11)14-12(15)10-17-18(14)2/h10-11,13,16H,3-9H2,1-2H3. The summed E-state index contributed by atoms with van der Waals surface area (Å²) < 4.78 is 3.14. The predicted octanol–water partition coefficient (Wildman–Crippen LogP) is 3.76. The average molecular weight is 346 g/mol. The number of aryl methyl sites for hydroxylation is 1. The quantitative estimate of drug-likeness (QED) is 0.851. The smallest absolute Gasteiger partial charge is 0.0692 e. The van der Waals surface area contributed by atoms with Gasteiger partial charge in [0.25, 0.3) is 0 Å². The molecule has 0 aromatic carbocycles. The van der Waals surface area contributed by atoms with Gasteiger partial charge in [0, 0.05) is 7.05 Å². The second-order valence-electron chi connectivity index (χ2n) is 5.30. The lowest BCUT2D eigenvalue weighted by molar-refractivity contribution is 0.357. The van der Waals surface area contributed by atoms with Crippen LogP contribution in [0.15, 0.2) is 10.7 Å². The molecule has 1 aliphatic rings. The Bertz CT molecular complexity index is 369. The number of nitrogens with zero attached hydrogens (tertiary/aromatic N) is 2. The van der Waals surface area contributed by atoms with Gasteiger partial charge in [0.15, 0.2) is 0 Å². The summed E-state index contributed by atoms with van der Waals surface area (Å²) in [6.07, 6.45) is 7.05. The minimum atomic E-state index is 0.426. The highest BCUT2D eigenvalue weighted by molar-refractivity contribution is 9.10. The molecule has 1 fully saturated rings. The van der Waals surface area contributed by atoms with Crippen molar-refractivity contribution in [1.29, 1.82) is 0 Å². The summed E-state index contributed by atoms with van der Waals surface area (Å²) in [6.45, 7) is 3.29. The molecule has 1 aromatic rings. The highest BCUT2D eigenvalue weighted by Crippen LogP contribution is 2.33. The van der Waals surface area contributed by atoms with Crippen molar-refractivity contribution >= 4 is 27.7 Å². The van der Waals surface area contributed by atoms with Crippen LogP contribution in [0.3, 0.4) is 0 Å². The Morgan fingerprint density at radius 1 is 1.53 bits per heavy atom. The van der Waals surface area contributed by atoms with Crippen molar-refractivity contribution in [3.05, 3.63) is 16.4 Å². The van der Waals surface area contributed by atoms with Gasteiger partial charge in [0.2, 0.25) is 0 Å². The molecule has 2 rings (SSSR count). The van der Waals surface area contributed by atoms with Gasteiger partial charge in [0.1, 0.15) is 0 Å². The molecule has 1 saturated heterocycles. The minimum Gasteiger partial charge on any atom is -0.309 e. The van der Waals surface area contributed by atoms with Gasteiger partial charge in [-0.15, -0.1) is 0 Å². The van der Waals surface area contributed by atoms with Crippen molar-refractivity contribution < 1.29 is 0 Å². The first-order chi connectivity index (χ1) is 9.22. The third-order valence-electron chi connectivity index (χ3n) is 3.82. The Hall–Kier alpha value is 0. The van der Waals surface area contributed by atoms with E-state index >= 15 is 0 Å². The van der Waals surface area contributed by atoms with Crippen molar-refractivity contribution in [2.45, 2.75) is 38.6 Å². The summed E-state index contributed by atoms with van der Waals surface area (Å²) in [6, 6.07) is 0.426. The molecular weight excluding hydrogens is 322 g/mol. The highest BCUT2D eigenvalue weighted by atomic mass is 79.9. The molecule has 1 N–H and O–H groups in total. The molecule has 0 aliphatic carbocycles.